The second-order valence-electron chi connectivity index (χ2n) is 11.1. The number of benzene rings is 2. The summed E-state index contributed by atoms with van der Waals surface area (Å²) in [5.41, 5.74) is 7.61. The number of hydrogen-bond acceptors (Lipinski definition) is 3. The Morgan fingerprint density at radius 2 is 1.32 bits per heavy atom. The van der Waals surface area contributed by atoms with Crippen LogP contribution >= 0.6 is 0 Å². The maximum absolute atomic E-state index is 12.3. The molecule has 0 bridgehead atoms. The Bertz CT molecular complexity index is 1120. The average molecular weight is 543 g/mol. The summed E-state index contributed by atoms with van der Waals surface area (Å²) in [5.74, 6) is -0.0294. The van der Waals surface area contributed by atoms with Crippen LogP contribution in [0, 0.1) is 6.92 Å². The van der Waals surface area contributed by atoms with E-state index in [0.29, 0.717) is 6.42 Å². The van der Waals surface area contributed by atoms with Gasteiger partial charge in [-0.1, -0.05) is 145 Å². The van der Waals surface area contributed by atoms with Crippen molar-refractivity contribution in [1.82, 2.24) is 15.2 Å². The van der Waals surface area contributed by atoms with Gasteiger partial charge in [0.1, 0.15) is 5.69 Å². The molecule has 1 N–H and O–H groups in total. The zero-order valence-corrected chi connectivity index (χ0v) is 24.9. The Labute approximate surface area is 242 Å². The molecule has 0 unspecified atom stereocenters. The van der Waals surface area contributed by atoms with E-state index in [1.807, 2.05) is 41.2 Å². The quantitative estimate of drug-likeness (QED) is 0.0878. The second-order valence-corrected chi connectivity index (χ2v) is 11.1. The third-order valence-electron chi connectivity index (χ3n) is 7.49. The molecule has 2 aromatic carbocycles. The highest BCUT2D eigenvalue weighted by Gasteiger charge is 2.11. The first kappa shape index (κ1) is 31.3. The van der Waals surface area contributed by atoms with Crippen LogP contribution in [0.1, 0.15) is 121 Å². The average Bonchev–Trinajstić information content (AvgIpc) is 3.40. The minimum absolute atomic E-state index is 0.0294. The Hall–Kier alpha value is -3.21. The number of unbranched alkanes of at least 4 members (excludes halogenated alkanes) is 14. The molecule has 0 spiro atoms. The fourth-order valence-electron chi connectivity index (χ4n) is 5.02. The first-order valence-corrected chi connectivity index (χ1v) is 15.7. The van der Waals surface area contributed by atoms with Crippen molar-refractivity contribution in [3.05, 3.63) is 71.9 Å². The fraction of sp³-hybridized carbons (Fsp3) is 0.514. The zero-order chi connectivity index (χ0) is 28.3. The number of carbonyl (C=O) groups is 1. The van der Waals surface area contributed by atoms with Crippen LogP contribution < -0.4 is 5.43 Å². The van der Waals surface area contributed by atoms with Crippen molar-refractivity contribution < 1.29 is 4.79 Å². The number of hydrazone groups is 1. The van der Waals surface area contributed by atoms with Crippen LogP contribution in [0.3, 0.4) is 0 Å². The number of para-hydroxylation sites is 1. The lowest BCUT2D eigenvalue weighted by Crippen LogP contribution is -2.16. The van der Waals surface area contributed by atoms with Crippen LogP contribution in [0.25, 0.3) is 16.9 Å². The van der Waals surface area contributed by atoms with Gasteiger partial charge in [0.15, 0.2) is 0 Å². The van der Waals surface area contributed by atoms with Crippen molar-refractivity contribution in [2.24, 2.45) is 5.10 Å². The Balaban J connectivity index is 1.31. The lowest BCUT2D eigenvalue weighted by molar-refractivity contribution is -0.121. The topological polar surface area (TPSA) is 59.3 Å². The molecule has 0 radical (unpaired) electrons. The van der Waals surface area contributed by atoms with E-state index in [1.165, 1.54) is 89.0 Å². The predicted molar refractivity (Wildman–Crippen MR) is 169 cm³/mol. The van der Waals surface area contributed by atoms with Crippen LogP contribution in [0.5, 0.6) is 0 Å². The first-order valence-electron chi connectivity index (χ1n) is 15.7. The standard InChI is InChI=1S/C35H50N4O/c1-3-4-5-6-7-8-9-10-11-12-13-14-15-16-20-23-34(40)37-36-28-32-29-39(33-21-18-17-19-22-33)38-35(32)31-26-24-30(2)25-27-31/h17-19,21-22,24-29H,3-16,20,23H2,1-2H3,(H,37,40)/b36-28-. The van der Waals surface area contributed by atoms with Crippen molar-refractivity contribution in [2.45, 2.75) is 117 Å². The van der Waals surface area contributed by atoms with E-state index in [9.17, 15) is 4.79 Å². The van der Waals surface area contributed by atoms with Gasteiger partial charge in [0.05, 0.1) is 11.9 Å². The van der Waals surface area contributed by atoms with E-state index >= 15 is 0 Å². The maximum atomic E-state index is 12.3. The molecule has 5 heteroatoms. The summed E-state index contributed by atoms with van der Waals surface area (Å²) in [5, 5.41) is 9.08. The minimum Gasteiger partial charge on any atom is -0.273 e. The smallest absolute Gasteiger partial charge is 0.240 e. The number of carbonyl (C=O) groups excluding carboxylic acids is 1. The Morgan fingerprint density at radius 1 is 0.775 bits per heavy atom. The molecule has 1 amide bonds. The predicted octanol–water partition coefficient (Wildman–Crippen LogP) is 9.56. The highest BCUT2D eigenvalue weighted by atomic mass is 16.2. The highest BCUT2D eigenvalue weighted by Crippen LogP contribution is 2.23. The number of rotatable bonds is 20. The van der Waals surface area contributed by atoms with Crippen molar-refractivity contribution in [3.8, 4) is 16.9 Å². The fourth-order valence-corrected chi connectivity index (χ4v) is 5.02. The Kier molecular flexibility index (Phi) is 14.9. The minimum atomic E-state index is -0.0294. The summed E-state index contributed by atoms with van der Waals surface area (Å²) in [6, 6.07) is 18.3. The normalized spacial score (nSPS) is 11.3. The van der Waals surface area contributed by atoms with E-state index < -0.39 is 0 Å². The number of hydrogen-bond donors (Lipinski definition) is 1. The molecule has 0 saturated carbocycles. The molecular weight excluding hydrogens is 492 g/mol. The van der Waals surface area contributed by atoms with Gasteiger partial charge in [-0.2, -0.15) is 10.2 Å². The summed E-state index contributed by atoms with van der Waals surface area (Å²) in [4.78, 5) is 12.3. The van der Waals surface area contributed by atoms with Crippen LogP contribution in [0.15, 0.2) is 65.9 Å². The summed E-state index contributed by atoms with van der Waals surface area (Å²) in [6.45, 7) is 4.35. The number of aromatic nitrogens is 2. The second kappa shape index (κ2) is 19.0. The summed E-state index contributed by atoms with van der Waals surface area (Å²) >= 11 is 0. The third kappa shape index (κ3) is 11.9. The van der Waals surface area contributed by atoms with E-state index in [0.717, 1.165) is 35.3 Å². The van der Waals surface area contributed by atoms with Gasteiger partial charge in [0.2, 0.25) is 5.91 Å². The van der Waals surface area contributed by atoms with E-state index in [1.54, 1.807) is 6.21 Å². The van der Waals surface area contributed by atoms with Gasteiger partial charge in [-0.15, -0.1) is 0 Å². The summed E-state index contributed by atoms with van der Waals surface area (Å²) in [7, 11) is 0. The molecule has 0 aliphatic carbocycles. The number of aryl methyl sites for hydroxylation is 1. The van der Waals surface area contributed by atoms with Gasteiger partial charge in [-0.3, -0.25) is 4.79 Å². The molecule has 0 fully saturated rings. The Morgan fingerprint density at radius 3 is 1.90 bits per heavy atom. The van der Waals surface area contributed by atoms with Crippen molar-refractivity contribution in [2.75, 3.05) is 0 Å². The van der Waals surface area contributed by atoms with E-state index in [2.05, 4.69) is 48.6 Å². The van der Waals surface area contributed by atoms with Gasteiger partial charge in [0, 0.05) is 23.7 Å². The molecular formula is C35H50N4O. The molecule has 0 aliphatic rings. The van der Waals surface area contributed by atoms with Gasteiger partial charge < -0.3 is 0 Å². The third-order valence-corrected chi connectivity index (χ3v) is 7.49. The zero-order valence-electron chi connectivity index (χ0n) is 24.9. The van der Waals surface area contributed by atoms with Crippen LogP contribution in [0.2, 0.25) is 0 Å². The van der Waals surface area contributed by atoms with Crippen molar-refractivity contribution in [1.29, 1.82) is 0 Å². The van der Waals surface area contributed by atoms with E-state index in [-0.39, 0.29) is 5.91 Å². The monoisotopic (exact) mass is 542 g/mol. The van der Waals surface area contributed by atoms with Gasteiger partial charge in [-0.05, 0) is 25.5 Å². The van der Waals surface area contributed by atoms with Gasteiger partial charge in [0.25, 0.3) is 0 Å². The molecule has 3 aromatic rings. The summed E-state index contributed by atoms with van der Waals surface area (Å²) < 4.78 is 1.86. The largest absolute Gasteiger partial charge is 0.273 e. The molecule has 3 rings (SSSR count). The SMILES string of the molecule is CCCCCCCCCCCCCCCCCC(=O)N/N=C\c1cn(-c2ccccc2)nc1-c1ccc(C)cc1. The van der Waals surface area contributed by atoms with Crippen LogP contribution in [-0.2, 0) is 4.79 Å². The highest BCUT2D eigenvalue weighted by molar-refractivity contribution is 5.89. The summed E-state index contributed by atoms with van der Waals surface area (Å²) in [6.07, 6.45) is 24.0. The van der Waals surface area contributed by atoms with Gasteiger partial charge >= 0.3 is 0 Å². The molecule has 5 nitrogen and oxygen atoms in total. The molecule has 216 valence electrons. The lowest BCUT2D eigenvalue weighted by Gasteiger charge is -2.03. The molecule has 0 aliphatic heterocycles. The maximum Gasteiger partial charge on any atom is 0.240 e. The van der Waals surface area contributed by atoms with E-state index in [4.69, 9.17) is 5.10 Å². The molecule has 0 saturated heterocycles. The first-order chi connectivity index (χ1) is 19.7. The lowest BCUT2D eigenvalue weighted by atomic mass is 10.0. The molecule has 1 aromatic heterocycles. The molecule has 1 heterocycles. The molecule has 0 atom stereocenters. The number of nitrogens with zero attached hydrogens (tertiary/aromatic N) is 3. The van der Waals surface area contributed by atoms with Crippen molar-refractivity contribution >= 4 is 12.1 Å². The molecule has 40 heavy (non-hydrogen) atoms. The van der Waals surface area contributed by atoms with Crippen molar-refractivity contribution in [3.63, 3.8) is 0 Å². The number of amides is 1. The van der Waals surface area contributed by atoms with Gasteiger partial charge in [-0.25, -0.2) is 10.1 Å². The van der Waals surface area contributed by atoms with Crippen LogP contribution in [0.4, 0.5) is 0 Å². The van der Waals surface area contributed by atoms with Crippen LogP contribution in [-0.4, -0.2) is 21.9 Å². The number of nitrogens with one attached hydrogen (secondary N) is 1.